The molecule has 0 N–H and O–H groups in total. The number of rotatable bonds is 2. The fourth-order valence-electron chi connectivity index (χ4n) is 0.564. The van der Waals surface area contributed by atoms with Gasteiger partial charge in [0.2, 0.25) is 5.89 Å². The molecule has 0 fully saturated rings. The van der Waals surface area contributed by atoms with Crippen LogP contribution in [0.1, 0.15) is 18.1 Å². The molecule has 0 aliphatic heterocycles. The molecule has 0 saturated heterocycles. The number of halogens is 1. The Balaban J connectivity index is 3.01. The summed E-state index contributed by atoms with van der Waals surface area (Å²) >= 11 is 5.34. The molecule has 5 nitrogen and oxygen atoms in total. The summed E-state index contributed by atoms with van der Waals surface area (Å²) in [6.45, 7) is 1.46. The Morgan fingerprint density at radius 3 is 2.50 bits per heavy atom. The maximum atomic E-state index is 11.0. The number of sulfone groups is 1. The van der Waals surface area contributed by atoms with Gasteiger partial charge in [0.15, 0.2) is 9.84 Å². The summed E-state index contributed by atoms with van der Waals surface area (Å²) in [5, 5.41) is 2.38. The van der Waals surface area contributed by atoms with Crippen molar-refractivity contribution in [1.29, 1.82) is 0 Å². The van der Waals surface area contributed by atoms with Gasteiger partial charge in [-0.25, -0.2) is 8.42 Å². The van der Waals surface area contributed by atoms with Crippen LogP contribution in [0, 0.1) is 0 Å². The second-order valence-electron chi connectivity index (χ2n) is 2.37. The van der Waals surface area contributed by atoms with Crippen LogP contribution < -0.4 is 0 Å². The molecule has 1 aromatic rings. The zero-order valence-electron chi connectivity index (χ0n) is 6.48. The van der Waals surface area contributed by atoms with E-state index in [1.807, 2.05) is 0 Å². The molecule has 12 heavy (non-hydrogen) atoms. The van der Waals surface area contributed by atoms with E-state index in [9.17, 15) is 8.42 Å². The quantitative estimate of drug-likeness (QED) is 0.723. The van der Waals surface area contributed by atoms with Gasteiger partial charge in [0, 0.05) is 6.26 Å². The monoisotopic (exact) mass is 210 g/mol. The second-order valence-corrected chi connectivity index (χ2v) is 5.08. The van der Waals surface area contributed by atoms with Gasteiger partial charge in [0.25, 0.3) is 5.28 Å². The van der Waals surface area contributed by atoms with E-state index in [1.54, 1.807) is 0 Å². The molecule has 7 heteroatoms. The molecule has 1 aromatic heterocycles. The van der Waals surface area contributed by atoms with E-state index in [0.717, 1.165) is 6.26 Å². The van der Waals surface area contributed by atoms with Gasteiger partial charge in [-0.15, -0.1) is 0 Å². The smallest absolute Gasteiger partial charge is 0.263 e. The summed E-state index contributed by atoms with van der Waals surface area (Å²) in [7, 11) is -3.20. The van der Waals surface area contributed by atoms with E-state index in [4.69, 9.17) is 11.6 Å². The van der Waals surface area contributed by atoms with E-state index in [2.05, 4.69) is 14.7 Å². The van der Waals surface area contributed by atoms with Crippen molar-refractivity contribution in [3.8, 4) is 0 Å². The Hall–Kier alpha value is -0.620. The SMILES string of the molecule is CC(c1nc(Cl)no1)S(C)(=O)=O. The third kappa shape index (κ3) is 1.95. The molecule has 1 rings (SSSR count). The lowest BCUT2D eigenvalue weighted by atomic mass is 10.5. The molecular weight excluding hydrogens is 204 g/mol. The molecule has 0 saturated carbocycles. The van der Waals surface area contributed by atoms with Crippen LogP contribution in [-0.2, 0) is 9.84 Å². The van der Waals surface area contributed by atoms with Crippen molar-refractivity contribution < 1.29 is 12.9 Å². The van der Waals surface area contributed by atoms with Crippen molar-refractivity contribution >= 4 is 21.4 Å². The normalized spacial score (nSPS) is 14.6. The molecule has 1 heterocycles. The van der Waals surface area contributed by atoms with Gasteiger partial charge in [0.1, 0.15) is 5.25 Å². The van der Waals surface area contributed by atoms with Gasteiger partial charge < -0.3 is 4.52 Å². The summed E-state index contributed by atoms with van der Waals surface area (Å²) in [5.41, 5.74) is 0. The Kier molecular flexibility index (Phi) is 2.39. The summed E-state index contributed by atoms with van der Waals surface area (Å²) in [4.78, 5) is 3.59. The minimum atomic E-state index is -3.20. The van der Waals surface area contributed by atoms with Crippen molar-refractivity contribution in [1.82, 2.24) is 10.1 Å². The van der Waals surface area contributed by atoms with Crippen molar-refractivity contribution in [2.24, 2.45) is 0 Å². The second kappa shape index (κ2) is 3.02. The van der Waals surface area contributed by atoms with Gasteiger partial charge in [-0.2, -0.15) is 4.98 Å². The van der Waals surface area contributed by atoms with Crippen LogP contribution in [0.3, 0.4) is 0 Å². The average Bonchev–Trinajstić information content (AvgIpc) is 2.32. The molecule has 0 aromatic carbocycles. The van der Waals surface area contributed by atoms with Crippen LogP contribution in [0.15, 0.2) is 4.52 Å². The fraction of sp³-hybridized carbons (Fsp3) is 0.600. The van der Waals surface area contributed by atoms with E-state index in [1.165, 1.54) is 6.92 Å². The summed E-state index contributed by atoms with van der Waals surface area (Å²) in [5.74, 6) is 0.0162. The molecule has 1 atom stereocenters. The van der Waals surface area contributed by atoms with Crippen LogP contribution in [0.5, 0.6) is 0 Å². The zero-order valence-corrected chi connectivity index (χ0v) is 8.06. The van der Waals surface area contributed by atoms with Gasteiger partial charge in [-0.05, 0) is 23.7 Å². The Morgan fingerprint density at radius 1 is 1.58 bits per heavy atom. The Labute approximate surface area is 74.6 Å². The molecule has 0 aliphatic rings. The van der Waals surface area contributed by atoms with E-state index in [0.29, 0.717) is 0 Å². The summed E-state index contributed by atoms with van der Waals surface area (Å²) in [6.07, 6.45) is 1.09. The minimum absolute atomic E-state index is 0.0162. The highest BCUT2D eigenvalue weighted by Gasteiger charge is 2.23. The molecule has 0 amide bonds. The number of hydrogen-bond donors (Lipinski definition) is 0. The van der Waals surface area contributed by atoms with E-state index in [-0.39, 0.29) is 11.2 Å². The van der Waals surface area contributed by atoms with E-state index >= 15 is 0 Å². The molecule has 0 spiro atoms. The van der Waals surface area contributed by atoms with Crippen LogP contribution in [0.2, 0.25) is 5.28 Å². The molecule has 68 valence electrons. The van der Waals surface area contributed by atoms with E-state index < -0.39 is 15.1 Å². The van der Waals surface area contributed by atoms with Gasteiger partial charge in [-0.3, -0.25) is 0 Å². The topological polar surface area (TPSA) is 73.1 Å². The maximum absolute atomic E-state index is 11.0. The van der Waals surface area contributed by atoms with Crippen LogP contribution in [-0.4, -0.2) is 24.8 Å². The van der Waals surface area contributed by atoms with Crippen molar-refractivity contribution in [2.45, 2.75) is 12.2 Å². The lowest BCUT2D eigenvalue weighted by Gasteiger charge is -2.00. The lowest BCUT2D eigenvalue weighted by molar-refractivity contribution is 0.376. The zero-order chi connectivity index (χ0) is 9.35. The third-order valence-electron chi connectivity index (χ3n) is 1.41. The number of aromatic nitrogens is 2. The summed E-state index contributed by atoms with van der Waals surface area (Å²) in [6, 6.07) is 0. The largest absolute Gasteiger partial charge is 0.337 e. The maximum Gasteiger partial charge on any atom is 0.263 e. The third-order valence-corrected chi connectivity index (χ3v) is 3.05. The first-order chi connectivity index (χ1) is 5.41. The van der Waals surface area contributed by atoms with Crippen LogP contribution in [0.25, 0.3) is 0 Å². The highest BCUT2D eigenvalue weighted by Crippen LogP contribution is 2.19. The van der Waals surface area contributed by atoms with Crippen molar-refractivity contribution in [2.75, 3.05) is 6.26 Å². The molecule has 0 radical (unpaired) electrons. The first-order valence-electron chi connectivity index (χ1n) is 3.09. The molecule has 0 aliphatic carbocycles. The highest BCUT2D eigenvalue weighted by atomic mass is 35.5. The average molecular weight is 211 g/mol. The van der Waals surface area contributed by atoms with Gasteiger partial charge >= 0.3 is 0 Å². The van der Waals surface area contributed by atoms with Crippen LogP contribution in [0.4, 0.5) is 0 Å². The Bertz CT molecular complexity index is 372. The lowest BCUT2D eigenvalue weighted by Crippen LogP contribution is -2.07. The first kappa shape index (κ1) is 9.47. The number of nitrogens with zero attached hydrogens (tertiary/aromatic N) is 2. The predicted molar refractivity (Wildman–Crippen MR) is 42.6 cm³/mol. The van der Waals surface area contributed by atoms with Gasteiger partial charge in [0.05, 0.1) is 0 Å². The fourth-order valence-corrected chi connectivity index (χ4v) is 1.14. The Morgan fingerprint density at radius 2 is 2.17 bits per heavy atom. The minimum Gasteiger partial charge on any atom is -0.337 e. The standard InChI is InChI=1S/C5H7ClN2O3S/c1-3(12(2,9)10)4-7-5(6)8-11-4/h3H,1-2H3. The molecule has 1 unspecified atom stereocenters. The number of hydrogen-bond acceptors (Lipinski definition) is 5. The molecule has 0 bridgehead atoms. The van der Waals surface area contributed by atoms with Crippen molar-refractivity contribution in [3.63, 3.8) is 0 Å². The van der Waals surface area contributed by atoms with Gasteiger partial charge in [-0.1, -0.05) is 0 Å². The van der Waals surface area contributed by atoms with Crippen molar-refractivity contribution in [3.05, 3.63) is 11.2 Å². The predicted octanol–water partition coefficient (Wildman–Crippen LogP) is 0.829. The van der Waals surface area contributed by atoms with Crippen LogP contribution >= 0.6 is 11.6 Å². The summed E-state index contributed by atoms with van der Waals surface area (Å²) < 4.78 is 26.5. The highest BCUT2D eigenvalue weighted by molar-refractivity contribution is 7.90. The molecular formula is C5H7ClN2O3S. The first-order valence-corrected chi connectivity index (χ1v) is 5.42.